The summed E-state index contributed by atoms with van der Waals surface area (Å²) in [5.41, 5.74) is 1.18. The average molecular weight is 278 g/mol. The van der Waals surface area contributed by atoms with Gasteiger partial charge in [0.25, 0.3) is 0 Å². The molecule has 1 aromatic rings. The lowest BCUT2D eigenvalue weighted by atomic mass is 10.0. The van der Waals surface area contributed by atoms with E-state index in [-0.39, 0.29) is 12.6 Å². The van der Waals surface area contributed by atoms with Gasteiger partial charge in [-0.2, -0.15) is 0 Å². The van der Waals surface area contributed by atoms with Gasteiger partial charge in [-0.15, -0.1) is 0 Å². The molecule has 2 aliphatic rings. The molecule has 0 spiro atoms. The first-order valence-corrected chi connectivity index (χ1v) is 7.42. The van der Waals surface area contributed by atoms with E-state index in [0.717, 1.165) is 39.1 Å². The molecule has 2 fully saturated rings. The molecule has 2 aliphatic heterocycles. The highest BCUT2D eigenvalue weighted by atomic mass is 16.7. The largest absolute Gasteiger partial charge is 0.352 e. The van der Waals surface area contributed by atoms with Crippen LogP contribution in [0.5, 0.6) is 0 Å². The summed E-state index contributed by atoms with van der Waals surface area (Å²) < 4.78 is 22.6. The van der Waals surface area contributed by atoms with Crippen molar-refractivity contribution >= 4 is 0 Å². The lowest BCUT2D eigenvalue weighted by Gasteiger charge is -2.20. The average Bonchev–Trinajstić information content (AvgIpc) is 3.15. The maximum absolute atomic E-state index is 5.91. The molecule has 3 rings (SSSR count). The molecule has 4 heteroatoms. The van der Waals surface area contributed by atoms with Gasteiger partial charge in [-0.05, 0) is 24.8 Å². The van der Waals surface area contributed by atoms with Crippen molar-refractivity contribution in [1.29, 1.82) is 0 Å². The summed E-state index contributed by atoms with van der Waals surface area (Å²) in [6.07, 6.45) is 2.91. The zero-order chi connectivity index (χ0) is 13.6. The number of hydrogen-bond acceptors (Lipinski definition) is 4. The van der Waals surface area contributed by atoms with Crippen LogP contribution in [0, 0.1) is 5.92 Å². The Morgan fingerprint density at radius 3 is 2.55 bits per heavy atom. The van der Waals surface area contributed by atoms with E-state index in [9.17, 15) is 0 Å². The summed E-state index contributed by atoms with van der Waals surface area (Å²) in [5, 5.41) is 0. The van der Waals surface area contributed by atoms with Gasteiger partial charge in [-0.1, -0.05) is 30.3 Å². The van der Waals surface area contributed by atoms with Crippen LogP contribution in [0.15, 0.2) is 30.3 Å². The highest BCUT2D eigenvalue weighted by Gasteiger charge is 2.30. The predicted molar refractivity (Wildman–Crippen MR) is 74.0 cm³/mol. The van der Waals surface area contributed by atoms with E-state index >= 15 is 0 Å². The molecule has 0 bridgehead atoms. The van der Waals surface area contributed by atoms with E-state index in [2.05, 4.69) is 12.1 Å². The second-order valence-corrected chi connectivity index (χ2v) is 5.33. The molecular weight excluding hydrogens is 256 g/mol. The minimum Gasteiger partial charge on any atom is -0.352 e. The van der Waals surface area contributed by atoms with Gasteiger partial charge < -0.3 is 18.9 Å². The van der Waals surface area contributed by atoms with Gasteiger partial charge in [0.1, 0.15) is 0 Å². The molecule has 2 unspecified atom stereocenters. The van der Waals surface area contributed by atoms with Gasteiger partial charge in [0, 0.05) is 5.92 Å². The number of rotatable bonds is 6. The van der Waals surface area contributed by atoms with Crippen molar-refractivity contribution in [2.24, 2.45) is 5.92 Å². The Bertz CT molecular complexity index is 389. The Morgan fingerprint density at radius 2 is 1.75 bits per heavy atom. The Hall–Kier alpha value is -0.940. The summed E-state index contributed by atoms with van der Waals surface area (Å²) in [6.45, 7) is 2.84. The molecule has 2 atom stereocenters. The van der Waals surface area contributed by atoms with Crippen molar-refractivity contribution in [3.63, 3.8) is 0 Å². The molecule has 0 aliphatic carbocycles. The molecule has 2 heterocycles. The maximum atomic E-state index is 5.91. The first kappa shape index (κ1) is 14.0. The Labute approximate surface area is 120 Å². The van der Waals surface area contributed by atoms with Crippen molar-refractivity contribution in [3.05, 3.63) is 35.9 Å². The van der Waals surface area contributed by atoms with Crippen LogP contribution in [0.3, 0.4) is 0 Å². The molecule has 0 amide bonds. The molecule has 0 radical (unpaired) electrons. The zero-order valence-electron chi connectivity index (χ0n) is 11.7. The predicted octanol–water partition coefficient (Wildman–Crippen LogP) is 2.72. The Morgan fingerprint density at radius 1 is 0.950 bits per heavy atom. The van der Waals surface area contributed by atoms with Gasteiger partial charge in [0.15, 0.2) is 12.6 Å². The fourth-order valence-electron chi connectivity index (χ4n) is 2.75. The van der Waals surface area contributed by atoms with E-state index in [1.165, 1.54) is 5.56 Å². The van der Waals surface area contributed by atoms with Crippen LogP contribution in [0.2, 0.25) is 0 Å². The van der Waals surface area contributed by atoms with Crippen LogP contribution < -0.4 is 0 Å². The van der Waals surface area contributed by atoms with Crippen LogP contribution in [0.1, 0.15) is 24.8 Å². The van der Waals surface area contributed by atoms with Gasteiger partial charge in [0.05, 0.1) is 26.4 Å². The normalized spacial score (nSPS) is 27.2. The SMILES string of the molecule is c1ccc(COC2OCCC2CCC2OCCO2)cc1. The van der Waals surface area contributed by atoms with E-state index in [4.69, 9.17) is 18.9 Å². The fraction of sp³-hybridized carbons (Fsp3) is 0.625. The van der Waals surface area contributed by atoms with Crippen molar-refractivity contribution in [3.8, 4) is 0 Å². The van der Waals surface area contributed by atoms with E-state index < -0.39 is 0 Å². The third-order valence-electron chi connectivity index (χ3n) is 3.88. The molecule has 0 saturated carbocycles. The smallest absolute Gasteiger partial charge is 0.160 e. The van der Waals surface area contributed by atoms with Crippen molar-refractivity contribution in [1.82, 2.24) is 0 Å². The van der Waals surface area contributed by atoms with Crippen LogP contribution in [-0.2, 0) is 25.6 Å². The van der Waals surface area contributed by atoms with Gasteiger partial charge in [-0.25, -0.2) is 0 Å². The van der Waals surface area contributed by atoms with Crippen LogP contribution >= 0.6 is 0 Å². The second-order valence-electron chi connectivity index (χ2n) is 5.33. The van der Waals surface area contributed by atoms with Crippen LogP contribution in [0.4, 0.5) is 0 Å². The topological polar surface area (TPSA) is 36.9 Å². The zero-order valence-corrected chi connectivity index (χ0v) is 11.7. The molecule has 110 valence electrons. The lowest BCUT2D eigenvalue weighted by molar-refractivity contribution is -0.143. The third kappa shape index (κ3) is 3.79. The minimum absolute atomic E-state index is 0.0228. The first-order chi connectivity index (χ1) is 9.92. The molecular formula is C16H22O4. The number of hydrogen-bond donors (Lipinski definition) is 0. The molecule has 1 aromatic carbocycles. The number of ether oxygens (including phenoxy) is 4. The van der Waals surface area contributed by atoms with Gasteiger partial charge in [0.2, 0.25) is 0 Å². The van der Waals surface area contributed by atoms with Gasteiger partial charge >= 0.3 is 0 Å². The monoisotopic (exact) mass is 278 g/mol. The van der Waals surface area contributed by atoms with E-state index in [1.807, 2.05) is 18.2 Å². The molecule has 2 saturated heterocycles. The third-order valence-corrected chi connectivity index (χ3v) is 3.88. The second kappa shape index (κ2) is 7.18. The highest BCUT2D eigenvalue weighted by Crippen LogP contribution is 2.28. The van der Waals surface area contributed by atoms with Crippen molar-refractivity contribution in [2.75, 3.05) is 19.8 Å². The molecule has 20 heavy (non-hydrogen) atoms. The summed E-state index contributed by atoms with van der Waals surface area (Å²) in [4.78, 5) is 0. The summed E-state index contributed by atoms with van der Waals surface area (Å²) in [5.74, 6) is 0.450. The van der Waals surface area contributed by atoms with Crippen molar-refractivity contribution < 1.29 is 18.9 Å². The summed E-state index contributed by atoms with van der Waals surface area (Å²) in [6, 6.07) is 10.2. The molecule has 0 N–H and O–H groups in total. The standard InChI is InChI=1S/C16H22O4/c1-2-4-13(5-3-1)12-20-16-14(8-9-19-16)6-7-15-17-10-11-18-15/h1-5,14-16H,6-12H2. The molecule has 4 nitrogen and oxygen atoms in total. The Balaban J connectivity index is 1.43. The summed E-state index contributed by atoms with van der Waals surface area (Å²) in [7, 11) is 0. The van der Waals surface area contributed by atoms with Crippen LogP contribution in [0.25, 0.3) is 0 Å². The Kier molecular flexibility index (Phi) is 5.03. The lowest BCUT2D eigenvalue weighted by Crippen LogP contribution is -2.21. The molecule has 0 aromatic heterocycles. The maximum Gasteiger partial charge on any atom is 0.160 e. The van der Waals surface area contributed by atoms with Crippen LogP contribution in [-0.4, -0.2) is 32.4 Å². The minimum atomic E-state index is -0.0865. The quantitative estimate of drug-likeness (QED) is 0.801. The van der Waals surface area contributed by atoms with E-state index in [0.29, 0.717) is 12.5 Å². The van der Waals surface area contributed by atoms with Crippen molar-refractivity contribution in [2.45, 2.75) is 38.4 Å². The highest BCUT2D eigenvalue weighted by molar-refractivity contribution is 5.13. The summed E-state index contributed by atoms with van der Waals surface area (Å²) >= 11 is 0. The first-order valence-electron chi connectivity index (χ1n) is 7.42. The number of benzene rings is 1. The van der Waals surface area contributed by atoms with Gasteiger partial charge in [-0.3, -0.25) is 0 Å². The fourth-order valence-corrected chi connectivity index (χ4v) is 2.75. The van der Waals surface area contributed by atoms with E-state index in [1.54, 1.807) is 0 Å².